The predicted molar refractivity (Wildman–Crippen MR) is 77.9 cm³/mol. The molecule has 0 aromatic carbocycles. The summed E-state index contributed by atoms with van der Waals surface area (Å²) in [5.41, 5.74) is 1.01. The second kappa shape index (κ2) is 5.20. The van der Waals surface area contributed by atoms with Crippen LogP contribution >= 0.6 is 0 Å². The van der Waals surface area contributed by atoms with E-state index in [1.54, 1.807) is 41.2 Å². The molecule has 1 fully saturated rings. The molecular formula is C15H18N4O2. The molecule has 1 saturated heterocycles. The summed E-state index contributed by atoms with van der Waals surface area (Å²) in [4.78, 5) is 26.6. The van der Waals surface area contributed by atoms with Gasteiger partial charge in [-0.15, -0.1) is 0 Å². The molecule has 2 aromatic rings. The predicted octanol–water partition coefficient (Wildman–Crippen LogP) is 1.10. The molecule has 0 bridgehead atoms. The van der Waals surface area contributed by atoms with E-state index in [1.807, 2.05) is 13.2 Å². The van der Waals surface area contributed by atoms with E-state index in [1.165, 1.54) is 4.57 Å². The van der Waals surface area contributed by atoms with Crippen molar-refractivity contribution in [1.82, 2.24) is 19.2 Å². The van der Waals surface area contributed by atoms with Crippen LogP contribution in [0.5, 0.6) is 0 Å². The van der Waals surface area contributed by atoms with Gasteiger partial charge in [0.05, 0.1) is 12.2 Å². The van der Waals surface area contributed by atoms with Crippen molar-refractivity contribution in [3.8, 4) is 0 Å². The Kier molecular flexibility index (Phi) is 3.37. The lowest BCUT2D eigenvalue weighted by atomic mass is 10.1. The van der Waals surface area contributed by atoms with Crippen molar-refractivity contribution in [1.29, 1.82) is 0 Å². The van der Waals surface area contributed by atoms with Gasteiger partial charge in [-0.2, -0.15) is 5.10 Å². The van der Waals surface area contributed by atoms with Gasteiger partial charge in [0.25, 0.3) is 11.5 Å². The highest BCUT2D eigenvalue weighted by atomic mass is 16.2. The van der Waals surface area contributed by atoms with Crippen LogP contribution in [0, 0.1) is 0 Å². The van der Waals surface area contributed by atoms with Gasteiger partial charge in [-0.1, -0.05) is 0 Å². The average molecular weight is 286 g/mol. The summed E-state index contributed by atoms with van der Waals surface area (Å²) in [6.07, 6.45) is 7.23. The molecule has 6 nitrogen and oxygen atoms in total. The third-order valence-corrected chi connectivity index (χ3v) is 3.98. The fraction of sp³-hybridized carbons (Fsp3) is 0.400. The molecule has 0 radical (unpaired) electrons. The first kappa shape index (κ1) is 13.6. The molecule has 3 rings (SSSR count). The zero-order valence-corrected chi connectivity index (χ0v) is 12.2. The molecule has 0 spiro atoms. The average Bonchev–Trinajstić information content (AvgIpc) is 3.09. The Hall–Kier alpha value is -2.37. The van der Waals surface area contributed by atoms with E-state index in [9.17, 15) is 9.59 Å². The number of nitrogens with zero attached hydrogens (tertiary/aromatic N) is 4. The van der Waals surface area contributed by atoms with Crippen LogP contribution in [-0.2, 0) is 14.1 Å². The monoisotopic (exact) mass is 286 g/mol. The number of pyridine rings is 1. The van der Waals surface area contributed by atoms with Crippen molar-refractivity contribution in [2.24, 2.45) is 14.1 Å². The number of aromatic nitrogens is 3. The first-order valence-corrected chi connectivity index (χ1v) is 7.03. The lowest BCUT2D eigenvalue weighted by Gasteiger charge is -2.23. The second-order valence-corrected chi connectivity index (χ2v) is 5.44. The second-order valence-electron chi connectivity index (χ2n) is 5.44. The lowest BCUT2D eigenvalue weighted by molar-refractivity contribution is 0.0733. The molecule has 110 valence electrons. The maximum Gasteiger partial charge on any atom is 0.263 e. The summed E-state index contributed by atoms with van der Waals surface area (Å²) in [6.45, 7) is 0.677. The highest BCUT2D eigenvalue weighted by molar-refractivity contribution is 5.94. The minimum atomic E-state index is -0.251. The molecule has 0 unspecified atom stereocenters. The van der Waals surface area contributed by atoms with E-state index in [4.69, 9.17) is 0 Å². The minimum Gasteiger partial charge on any atom is -0.331 e. The van der Waals surface area contributed by atoms with Gasteiger partial charge < -0.3 is 9.47 Å². The van der Waals surface area contributed by atoms with Crippen LogP contribution in [0.1, 0.15) is 34.8 Å². The van der Waals surface area contributed by atoms with Gasteiger partial charge in [-0.3, -0.25) is 14.3 Å². The first-order chi connectivity index (χ1) is 10.1. The third-order valence-electron chi connectivity index (χ3n) is 3.98. The quantitative estimate of drug-likeness (QED) is 0.830. The summed E-state index contributed by atoms with van der Waals surface area (Å²) in [6, 6.07) is 3.34. The van der Waals surface area contributed by atoms with Crippen LogP contribution in [0.2, 0.25) is 0 Å². The number of carbonyl (C=O) groups excluding carboxylic acids is 1. The Bertz CT molecular complexity index is 731. The topological polar surface area (TPSA) is 60.1 Å². The fourth-order valence-corrected chi connectivity index (χ4v) is 2.88. The van der Waals surface area contributed by atoms with Crippen LogP contribution in [0.25, 0.3) is 0 Å². The zero-order valence-electron chi connectivity index (χ0n) is 12.2. The SMILES string of the molecule is Cn1cc([C@H]2CCCN2C(=O)c2cccn(C)c2=O)cn1. The van der Waals surface area contributed by atoms with E-state index < -0.39 is 0 Å². The molecule has 1 aliphatic rings. The lowest BCUT2D eigenvalue weighted by Crippen LogP contribution is -2.35. The third kappa shape index (κ3) is 2.37. The summed E-state index contributed by atoms with van der Waals surface area (Å²) in [5.74, 6) is -0.192. The summed E-state index contributed by atoms with van der Waals surface area (Å²) >= 11 is 0. The maximum absolute atomic E-state index is 12.7. The van der Waals surface area contributed by atoms with E-state index in [2.05, 4.69) is 5.10 Å². The van der Waals surface area contributed by atoms with Gasteiger partial charge in [-0.05, 0) is 25.0 Å². The molecule has 0 saturated carbocycles. The molecule has 1 amide bonds. The molecule has 0 aliphatic carbocycles. The van der Waals surface area contributed by atoms with Gasteiger partial charge in [0.2, 0.25) is 0 Å². The summed E-state index contributed by atoms with van der Waals surface area (Å²) in [7, 11) is 3.51. The Morgan fingerprint density at radius 1 is 1.38 bits per heavy atom. The van der Waals surface area contributed by atoms with Crippen LogP contribution < -0.4 is 5.56 Å². The molecule has 1 aliphatic heterocycles. The number of hydrogen-bond donors (Lipinski definition) is 0. The number of hydrogen-bond acceptors (Lipinski definition) is 3. The molecule has 0 N–H and O–H groups in total. The zero-order chi connectivity index (χ0) is 15.0. The summed E-state index contributed by atoms with van der Waals surface area (Å²) in [5, 5.41) is 4.17. The molecular weight excluding hydrogens is 268 g/mol. The first-order valence-electron chi connectivity index (χ1n) is 7.03. The normalized spacial score (nSPS) is 18.2. The molecule has 2 aromatic heterocycles. The molecule has 6 heteroatoms. The summed E-state index contributed by atoms with van der Waals surface area (Å²) < 4.78 is 3.17. The van der Waals surface area contributed by atoms with E-state index in [0.717, 1.165) is 18.4 Å². The van der Waals surface area contributed by atoms with Crippen LogP contribution in [-0.4, -0.2) is 31.7 Å². The Balaban J connectivity index is 1.93. The van der Waals surface area contributed by atoms with Crippen molar-refractivity contribution in [2.45, 2.75) is 18.9 Å². The van der Waals surface area contributed by atoms with E-state index in [0.29, 0.717) is 6.54 Å². The number of likely N-dealkylation sites (tertiary alicyclic amines) is 1. The van der Waals surface area contributed by atoms with E-state index in [-0.39, 0.29) is 23.1 Å². The van der Waals surface area contributed by atoms with Gasteiger partial charge in [0.1, 0.15) is 5.56 Å². The number of carbonyl (C=O) groups is 1. The van der Waals surface area contributed by atoms with Crippen molar-refractivity contribution in [3.05, 3.63) is 52.2 Å². The molecule has 3 heterocycles. The fourth-order valence-electron chi connectivity index (χ4n) is 2.88. The van der Waals surface area contributed by atoms with Crippen molar-refractivity contribution in [3.63, 3.8) is 0 Å². The molecule has 1 atom stereocenters. The van der Waals surface area contributed by atoms with Gasteiger partial charge in [-0.25, -0.2) is 0 Å². The Morgan fingerprint density at radius 3 is 2.90 bits per heavy atom. The smallest absolute Gasteiger partial charge is 0.263 e. The Labute approximate surface area is 122 Å². The minimum absolute atomic E-state index is 0.0103. The number of rotatable bonds is 2. The number of amides is 1. The largest absolute Gasteiger partial charge is 0.331 e. The van der Waals surface area contributed by atoms with Crippen LogP contribution in [0.4, 0.5) is 0 Å². The van der Waals surface area contributed by atoms with Gasteiger partial charge >= 0.3 is 0 Å². The molecule has 21 heavy (non-hydrogen) atoms. The standard InChI is InChI=1S/C15H18N4O2/c1-17-7-3-5-12(14(17)20)15(21)19-8-4-6-13(19)11-9-16-18(2)10-11/h3,5,7,9-10,13H,4,6,8H2,1-2H3/t13-/m1/s1. The maximum atomic E-state index is 12.7. The van der Waals surface area contributed by atoms with Crippen LogP contribution in [0.3, 0.4) is 0 Å². The van der Waals surface area contributed by atoms with Gasteiger partial charge in [0, 0.05) is 38.6 Å². The van der Waals surface area contributed by atoms with Crippen molar-refractivity contribution in [2.75, 3.05) is 6.54 Å². The highest BCUT2D eigenvalue weighted by Crippen LogP contribution is 2.32. The van der Waals surface area contributed by atoms with E-state index >= 15 is 0 Å². The van der Waals surface area contributed by atoms with Crippen LogP contribution in [0.15, 0.2) is 35.5 Å². The highest BCUT2D eigenvalue weighted by Gasteiger charge is 2.32. The Morgan fingerprint density at radius 2 is 2.19 bits per heavy atom. The number of aryl methyl sites for hydroxylation is 2. The van der Waals surface area contributed by atoms with Crippen molar-refractivity contribution >= 4 is 5.91 Å². The van der Waals surface area contributed by atoms with Gasteiger partial charge in [0.15, 0.2) is 0 Å². The van der Waals surface area contributed by atoms with Crippen molar-refractivity contribution < 1.29 is 4.79 Å².